The van der Waals surface area contributed by atoms with Crippen LogP contribution >= 0.6 is 0 Å². The number of anilines is 1. The average Bonchev–Trinajstić information content (AvgIpc) is 3.24. The molecule has 0 saturated heterocycles. The molecule has 2 aromatic heterocycles. The van der Waals surface area contributed by atoms with Gasteiger partial charge in [0.25, 0.3) is 5.91 Å². The number of pyridine rings is 1. The van der Waals surface area contributed by atoms with Gasteiger partial charge in [0.2, 0.25) is 0 Å². The first-order valence-electron chi connectivity index (χ1n) is 9.39. The Morgan fingerprint density at radius 3 is 2.55 bits per heavy atom. The van der Waals surface area contributed by atoms with Crippen LogP contribution in [0.2, 0.25) is 0 Å². The van der Waals surface area contributed by atoms with Gasteiger partial charge in [0, 0.05) is 29.7 Å². The number of aromatic nitrogens is 3. The molecule has 0 aliphatic rings. The largest absolute Gasteiger partial charge is 0.319 e. The van der Waals surface area contributed by atoms with Gasteiger partial charge in [-0.2, -0.15) is 10.4 Å². The van der Waals surface area contributed by atoms with Crippen LogP contribution in [0.1, 0.15) is 5.56 Å². The number of para-hydroxylation sites is 2. The lowest BCUT2D eigenvalue weighted by Gasteiger charge is -2.05. The minimum absolute atomic E-state index is 0.00103. The fraction of sp³-hybridized carbons (Fsp3) is 0. The molecule has 0 saturated carbocycles. The zero-order chi connectivity index (χ0) is 21.6. The molecule has 0 bridgehead atoms. The van der Waals surface area contributed by atoms with E-state index in [-0.39, 0.29) is 11.3 Å². The molecule has 0 aliphatic carbocycles. The third-order valence-corrected chi connectivity index (χ3v) is 4.49. The van der Waals surface area contributed by atoms with E-state index in [1.807, 2.05) is 42.5 Å². The quantitative estimate of drug-likeness (QED) is 0.385. The Morgan fingerprint density at radius 1 is 1.06 bits per heavy atom. The maximum absolute atomic E-state index is 13.9. The fourth-order valence-corrected chi connectivity index (χ4v) is 2.99. The maximum atomic E-state index is 13.9. The molecule has 0 spiro atoms. The fourth-order valence-electron chi connectivity index (χ4n) is 2.99. The van der Waals surface area contributed by atoms with Gasteiger partial charge >= 0.3 is 0 Å². The van der Waals surface area contributed by atoms with Crippen LogP contribution in [0.5, 0.6) is 0 Å². The molecule has 2 aromatic carbocycles. The summed E-state index contributed by atoms with van der Waals surface area (Å²) in [5, 5.41) is 16.6. The van der Waals surface area contributed by atoms with Crippen LogP contribution in [0.4, 0.5) is 10.1 Å². The van der Waals surface area contributed by atoms with E-state index in [0.717, 1.165) is 11.3 Å². The predicted molar refractivity (Wildman–Crippen MR) is 115 cm³/mol. The van der Waals surface area contributed by atoms with Gasteiger partial charge in [0.15, 0.2) is 0 Å². The number of nitrogens with one attached hydrogen (secondary N) is 1. The van der Waals surface area contributed by atoms with E-state index in [0.29, 0.717) is 11.3 Å². The van der Waals surface area contributed by atoms with Crippen LogP contribution in [-0.2, 0) is 4.79 Å². The molecule has 7 heteroatoms. The second kappa shape index (κ2) is 8.84. The van der Waals surface area contributed by atoms with Gasteiger partial charge in [-0.3, -0.25) is 9.78 Å². The summed E-state index contributed by atoms with van der Waals surface area (Å²) in [6, 6.07) is 20.7. The number of halogens is 1. The minimum atomic E-state index is -0.711. The molecule has 0 radical (unpaired) electrons. The molecule has 0 aliphatic heterocycles. The van der Waals surface area contributed by atoms with Crippen molar-refractivity contribution in [1.82, 2.24) is 14.8 Å². The number of hydrogen-bond acceptors (Lipinski definition) is 4. The van der Waals surface area contributed by atoms with Gasteiger partial charge in [-0.15, -0.1) is 0 Å². The van der Waals surface area contributed by atoms with Gasteiger partial charge in [-0.25, -0.2) is 9.07 Å². The van der Waals surface area contributed by atoms with Crippen LogP contribution in [0, 0.1) is 17.1 Å². The summed E-state index contributed by atoms with van der Waals surface area (Å²) in [4.78, 5) is 16.7. The van der Waals surface area contributed by atoms with Crippen molar-refractivity contribution in [2.24, 2.45) is 0 Å². The van der Waals surface area contributed by atoms with E-state index in [1.54, 1.807) is 35.4 Å². The Bertz CT molecular complexity index is 1290. The monoisotopic (exact) mass is 409 g/mol. The molecule has 6 nitrogen and oxygen atoms in total. The van der Waals surface area contributed by atoms with Crippen LogP contribution < -0.4 is 5.32 Å². The Balaban J connectivity index is 1.75. The van der Waals surface area contributed by atoms with Crippen molar-refractivity contribution in [2.45, 2.75) is 0 Å². The molecular formula is C24H16FN5O. The number of hydrogen-bond donors (Lipinski definition) is 1. The van der Waals surface area contributed by atoms with Crippen molar-refractivity contribution in [3.63, 3.8) is 0 Å². The highest BCUT2D eigenvalue weighted by molar-refractivity contribution is 6.10. The summed E-state index contributed by atoms with van der Waals surface area (Å²) in [6.07, 6.45) is 6.46. The third kappa shape index (κ3) is 4.38. The van der Waals surface area contributed by atoms with Crippen LogP contribution in [0.15, 0.2) is 90.9 Å². The number of carbonyl (C=O) groups is 1. The van der Waals surface area contributed by atoms with Crippen LogP contribution in [0.3, 0.4) is 0 Å². The Labute approximate surface area is 177 Å². The number of benzene rings is 2. The second-order valence-electron chi connectivity index (χ2n) is 6.56. The average molecular weight is 409 g/mol. The normalized spacial score (nSPS) is 11.0. The highest BCUT2D eigenvalue weighted by atomic mass is 19.1. The first-order chi connectivity index (χ1) is 15.2. The van der Waals surface area contributed by atoms with Crippen molar-refractivity contribution in [2.75, 3.05) is 5.32 Å². The standard InChI is InChI=1S/C24H16FN5O/c25-21-10-4-5-11-22(21)28-24(31)18(14-26)13-19-16-30(20-8-2-1-3-9-20)29-23(19)17-7-6-12-27-15-17/h1-13,15-16H,(H,28,31). The smallest absolute Gasteiger partial charge is 0.266 e. The van der Waals surface area contributed by atoms with Crippen molar-refractivity contribution in [3.05, 3.63) is 102 Å². The summed E-state index contributed by atoms with van der Waals surface area (Å²) in [7, 11) is 0. The Morgan fingerprint density at radius 2 is 1.84 bits per heavy atom. The lowest BCUT2D eigenvalue weighted by Crippen LogP contribution is -2.14. The van der Waals surface area contributed by atoms with Crippen molar-refractivity contribution >= 4 is 17.7 Å². The highest BCUT2D eigenvalue weighted by Crippen LogP contribution is 2.25. The molecule has 150 valence electrons. The molecule has 4 aromatic rings. The highest BCUT2D eigenvalue weighted by Gasteiger charge is 2.16. The summed E-state index contributed by atoms with van der Waals surface area (Å²) < 4.78 is 15.5. The van der Waals surface area contributed by atoms with E-state index in [4.69, 9.17) is 0 Å². The van der Waals surface area contributed by atoms with Gasteiger partial charge in [0.1, 0.15) is 23.2 Å². The van der Waals surface area contributed by atoms with Gasteiger partial charge in [-0.05, 0) is 42.5 Å². The molecule has 1 amide bonds. The number of rotatable bonds is 5. The van der Waals surface area contributed by atoms with E-state index in [2.05, 4.69) is 15.4 Å². The molecule has 0 atom stereocenters. The van der Waals surface area contributed by atoms with Crippen LogP contribution in [-0.4, -0.2) is 20.7 Å². The second-order valence-corrected chi connectivity index (χ2v) is 6.56. The number of carbonyl (C=O) groups excluding carboxylic acids is 1. The molecule has 2 heterocycles. The zero-order valence-corrected chi connectivity index (χ0v) is 16.2. The zero-order valence-electron chi connectivity index (χ0n) is 16.2. The summed E-state index contributed by atoms with van der Waals surface area (Å²) in [5.41, 5.74) is 2.49. The topological polar surface area (TPSA) is 83.6 Å². The predicted octanol–water partition coefficient (Wildman–Crippen LogP) is 4.62. The molecule has 1 N–H and O–H groups in total. The number of amides is 1. The van der Waals surface area contributed by atoms with E-state index in [9.17, 15) is 14.4 Å². The minimum Gasteiger partial charge on any atom is -0.319 e. The van der Waals surface area contributed by atoms with Crippen molar-refractivity contribution in [3.8, 4) is 23.0 Å². The lowest BCUT2D eigenvalue weighted by atomic mass is 10.1. The molecular weight excluding hydrogens is 393 g/mol. The van der Waals surface area contributed by atoms with E-state index >= 15 is 0 Å². The Hall–Kier alpha value is -4.57. The van der Waals surface area contributed by atoms with E-state index in [1.165, 1.54) is 24.3 Å². The Kier molecular flexibility index (Phi) is 5.63. The lowest BCUT2D eigenvalue weighted by molar-refractivity contribution is -0.112. The third-order valence-electron chi connectivity index (χ3n) is 4.49. The number of nitriles is 1. The van der Waals surface area contributed by atoms with Crippen molar-refractivity contribution in [1.29, 1.82) is 5.26 Å². The SMILES string of the molecule is N#CC(=Cc1cn(-c2ccccc2)nc1-c1cccnc1)C(=O)Nc1ccccc1F. The molecule has 4 rings (SSSR count). The van der Waals surface area contributed by atoms with Gasteiger partial charge in [-0.1, -0.05) is 30.3 Å². The first kappa shape index (κ1) is 19.7. The van der Waals surface area contributed by atoms with Gasteiger partial charge in [0.05, 0.1) is 11.4 Å². The molecule has 31 heavy (non-hydrogen) atoms. The van der Waals surface area contributed by atoms with Crippen molar-refractivity contribution < 1.29 is 9.18 Å². The maximum Gasteiger partial charge on any atom is 0.266 e. The number of nitrogens with zero attached hydrogens (tertiary/aromatic N) is 4. The summed E-state index contributed by atoms with van der Waals surface area (Å²) >= 11 is 0. The summed E-state index contributed by atoms with van der Waals surface area (Å²) in [6.45, 7) is 0. The van der Waals surface area contributed by atoms with E-state index < -0.39 is 11.7 Å². The molecule has 0 fully saturated rings. The van der Waals surface area contributed by atoms with Crippen LogP contribution in [0.25, 0.3) is 23.0 Å². The molecule has 0 unspecified atom stereocenters. The van der Waals surface area contributed by atoms with Gasteiger partial charge < -0.3 is 5.32 Å². The first-order valence-corrected chi connectivity index (χ1v) is 9.39. The summed E-state index contributed by atoms with van der Waals surface area (Å²) in [5.74, 6) is -1.29.